The van der Waals surface area contributed by atoms with Crippen LogP contribution in [-0.2, 0) is 43.4 Å². The number of hydrogen-bond donors (Lipinski definition) is 1. The van der Waals surface area contributed by atoms with Crippen molar-refractivity contribution in [2.45, 2.75) is 66.0 Å². The fraction of sp³-hybridized carbons (Fsp3) is 0.400. The first kappa shape index (κ1) is 29.4. The van der Waals surface area contributed by atoms with Gasteiger partial charge >= 0.3 is 17.9 Å². The molecule has 0 radical (unpaired) electrons. The zero-order chi connectivity index (χ0) is 28.4. The third-order valence-electron chi connectivity index (χ3n) is 6.41. The predicted octanol–water partition coefficient (Wildman–Crippen LogP) is 4.51. The van der Waals surface area contributed by atoms with Gasteiger partial charge in [-0.3, -0.25) is 14.4 Å². The lowest BCUT2D eigenvalue weighted by molar-refractivity contribution is -0.143. The van der Waals surface area contributed by atoms with Crippen LogP contribution in [0.3, 0.4) is 0 Å². The number of methoxy groups -OCH3 is 1. The van der Waals surface area contributed by atoms with Gasteiger partial charge in [-0.1, -0.05) is 42.0 Å². The largest absolute Gasteiger partial charge is 0.496 e. The molecule has 0 unspecified atom stereocenters. The van der Waals surface area contributed by atoms with Crippen molar-refractivity contribution in [1.82, 2.24) is 5.32 Å². The molecule has 0 atom stereocenters. The summed E-state index contributed by atoms with van der Waals surface area (Å²) in [7, 11) is 1.51. The molecule has 9 heteroatoms. The Hall–Kier alpha value is -4.14. The van der Waals surface area contributed by atoms with Crippen LogP contribution >= 0.6 is 0 Å². The molecular formula is C30H35NO8. The predicted molar refractivity (Wildman–Crippen MR) is 143 cm³/mol. The van der Waals surface area contributed by atoms with E-state index in [1.54, 1.807) is 6.92 Å². The average molecular weight is 538 g/mol. The van der Waals surface area contributed by atoms with Gasteiger partial charge in [0.05, 0.1) is 20.1 Å². The molecule has 39 heavy (non-hydrogen) atoms. The van der Waals surface area contributed by atoms with Crippen molar-refractivity contribution in [3.63, 3.8) is 0 Å². The maximum Gasteiger partial charge on any atom is 0.342 e. The molecule has 0 saturated carbocycles. The molecular weight excluding hydrogens is 502 g/mol. The monoisotopic (exact) mass is 537 g/mol. The van der Waals surface area contributed by atoms with E-state index in [0.29, 0.717) is 42.9 Å². The molecule has 2 aromatic rings. The number of fused-ring (bicyclic) bond motifs is 1. The molecule has 1 N–H and O–H groups in total. The van der Waals surface area contributed by atoms with Crippen LogP contribution in [0.5, 0.6) is 11.5 Å². The van der Waals surface area contributed by atoms with E-state index in [1.807, 2.05) is 50.3 Å². The summed E-state index contributed by atoms with van der Waals surface area (Å²) >= 11 is 0. The van der Waals surface area contributed by atoms with Crippen molar-refractivity contribution in [1.29, 1.82) is 0 Å². The number of nitrogens with one attached hydrogen (secondary N) is 1. The van der Waals surface area contributed by atoms with Crippen molar-refractivity contribution >= 4 is 23.8 Å². The number of cyclic esters (lactones) is 1. The van der Waals surface area contributed by atoms with E-state index in [0.717, 1.165) is 16.7 Å². The zero-order valence-electron chi connectivity index (χ0n) is 22.9. The Kier molecular flexibility index (Phi) is 10.7. The summed E-state index contributed by atoms with van der Waals surface area (Å²) in [6, 6.07) is 9.45. The fourth-order valence-electron chi connectivity index (χ4n) is 4.30. The van der Waals surface area contributed by atoms with E-state index >= 15 is 0 Å². The van der Waals surface area contributed by atoms with Crippen LogP contribution in [0.2, 0.25) is 0 Å². The van der Waals surface area contributed by atoms with Gasteiger partial charge in [0.1, 0.15) is 17.9 Å². The van der Waals surface area contributed by atoms with Gasteiger partial charge in [-0.15, -0.1) is 0 Å². The van der Waals surface area contributed by atoms with Gasteiger partial charge in [-0.25, -0.2) is 4.79 Å². The number of rotatable bonds is 13. The molecule has 1 aliphatic heterocycles. The van der Waals surface area contributed by atoms with Crippen molar-refractivity contribution in [2.75, 3.05) is 13.7 Å². The van der Waals surface area contributed by atoms with Crippen molar-refractivity contribution in [3.8, 4) is 11.5 Å². The summed E-state index contributed by atoms with van der Waals surface area (Å²) in [5, 5.41) is 2.78. The van der Waals surface area contributed by atoms with E-state index in [1.165, 1.54) is 7.11 Å². The van der Waals surface area contributed by atoms with Gasteiger partial charge in [-0.2, -0.15) is 0 Å². The lowest BCUT2D eigenvalue weighted by atomic mass is 9.94. The minimum absolute atomic E-state index is 0.0531. The normalized spacial score (nSPS) is 12.4. The van der Waals surface area contributed by atoms with E-state index in [9.17, 15) is 19.2 Å². The van der Waals surface area contributed by atoms with E-state index in [4.69, 9.17) is 18.9 Å². The lowest BCUT2D eigenvalue weighted by Crippen LogP contribution is -2.24. The summed E-state index contributed by atoms with van der Waals surface area (Å²) in [4.78, 5) is 49.5. The van der Waals surface area contributed by atoms with Crippen molar-refractivity contribution < 1.29 is 38.1 Å². The Morgan fingerprint density at radius 2 is 1.74 bits per heavy atom. The number of ether oxygens (including phenoxy) is 4. The molecule has 9 nitrogen and oxygen atoms in total. The number of benzene rings is 2. The van der Waals surface area contributed by atoms with Crippen molar-refractivity contribution in [2.24, 2.45) is 0 Å². The highest BCUT2D eigenvalue weighted by Crippen LogP contribution is 2.43. The second-order valence-corrected chi connectivity index (χ2v) is 9.19. The number of esters is 3. The SMILES string of the molecule is CCOC(=O)CC/C(C)=C/Cc1c(OC)c(C)c2c(c1OC(=O)CCC(=O)NCc1ccccc1)C(=O)OC2. The first-order valence-electron chi connectivity index (χ1n) is 13.0. The summed E-state index contributed by atoms with van der Waals surface area (Å²) in [6.45, 7) is 6.20. The summed E-state index contributed by atoms with van der Waals surface area (Å²) < 4.78 is 21.6. The molecule has 0 spiro atoms. The van der Waals surface area contributed by atoms with Crippen LogP contribution < -0.4 is 14.8 Å². The fourth-order valence-corrected chi connectivity index (χ4v) is 4.30. The molecule has 0 fully saturated rings. The number of allylic oxidation sites excluding steroid dienone is 2. The topological polar surface area (TPSA) is 117 Å². The molecule has 3 rings (SSSR count). The van der Waals surface area contributed by atoms with Gasteiger partial charge in [0.15, 0.2) is 5.75 Å². The molecule has 0 bridgehead atoms. The van der Waals surface area contributed by atoms with E-state index in [2.05, 4.69) is 5.32 Å². The maximum absolute atomic E-state index is 12.8. The van der Waals surface area contributed by atoms with Crippen LogP contribution in [0.1, 0.15) is 72.1 Å². The lowest BCUT2D eigenvalue weighted by Gasteiger charge is -2.19. The third-order valence-corrected chi connectivity index (χ3v) is 6.41. The Morgan fingerprint density at radius 1 is 1.03 bits per heavy atom. The first-order chi connectivity index (χ1) is 18.7. The van der Waals surface area contributed by atoms with Gasteiger partial charge in [0.25, 0.3) is 0 Å². The highest BCUT2D eigenvalue weighted by Gasteiger charge is 2.34. The smallest absolute Gasteiger partial charge is 0.342 e. The van der Waals surface area contributed by atoms with Gasteiger partial charge in [-0.05, 0) is 44.7 Å². The van der Waals surface area contributed by atoms with Crippen LogP contribution in [0.4, 0.5) is 0 Å². The Labute approximate surface area is 228 Å². The van der Waals surface area contributed by atoms with Gasteiger partial charge < -0.3 is 24.3 Å². The Morgan fingerprint density at radius 3 is 2.44 bits per heavy atom. The van der Waals surface area contributed by atoms with Crippen LogP contribution in [0.25, 0.3) is 0 Å². The standard InChI is InChI=1S/C30H35NO8/c1-5-37-25(33)15-12-19(2)11-13-22-28(36-4)20(3)23-18-38-30(35)27(23)29(22)39-26(34)16-14-24(32)31-17-21-9-7-6-8-10-21/h6-11H,5,12-18H2,1-4H3,(H,31,32)/b19-11+. The number of hydrogen-bond acceptors (Lipinski definition) is 8. The summed E-state index contributed by atoms with van der Waals surface area (Å²) in [5.41, 5.74) is 3.92. The molecule has 0 aliphatic carbocycles. The third kappa shape index (κ3) is 7.92. The number of carbonyl (C=O) groups is 4. The quantitative estimate of drug-likeness (QED) is 0.225. The van der Waals surface area contributed by atoms with E-state index in [-0.39, 0.29) is 49.1 Å². The summed E-state index contributed by atoms with van der Waals surface area (Å²) in [6.07, 6.45) is 2.70. The molecule has 1 amide bonds. The minimum atomic E-state index is -0.651. The minimum Gasteiger partial charge on any atom is -0.496 e. The second kappa shape index (κ2) is 14.1. The molecule has 0 saturated heterocycles. The van der Waals surface area contributed by atoms with Gasteiger partial charge in [0, 0.05) is 30.5 Å². The van der Waals surface area contributed by atoms with Gasteiger partial charge in [0.2, 0.25) is 5.91 Å². The number of amides is 1. The molecule has 2 aromatic carbocycles. The second-order valence-electron chi connectivity index (χ2n) is 9.19. The van der Waals surface area contributed by atoms with Crippen LogP contribution in [-0.4, -0.2) is 37.5 Å². The Bertz CT molecular complexity index is 1250. The van der Waals surface area contributed by atoms with Crippen molar-refractivity contribution in [3.05, 3.63) is 69.8 Å². The highest BCUT2D eigenvalue weighted by atomic mass is 16.6. The highest BCUT2D eigenvalue weighted by molar-refractivity contribution is 5.99. The molecule has 1 aliphatic rings. The summed E-state index contributed by atoms with van der Waals surface area (Å²) in [5.74, 6) is -1.22. The van der Waals surface area contributed by atoms with Crippen LogP contribution in [0, 0.1) is 6.92 Å². The molecule has 1 heterocycles. The van der Waals surface area contributed by atoms with Crippen LogP contribution in [0.15, 0.2) is 42.0 Å². The maximum atomic E-state index is 12.8. The average Bonchev–Trinajstić information content (AvgIpc) is 3.32. The van der Waals surface area contributed by atoms with E-state index < -0.39 is 11.9 Å². The zero-order valence-corrected chi connectivity index (χ0v) is 22.9. The number of carbonyl (C=O) groups excluding carboxylic acids is 4. The molecule has 208 valence electrons. The Balaban J connectivity index is 1.76. The first-order valence-corrected chi connectivity index (χ1v) is 13.0. The molecule has 0 aromatic heterocycles.